The number of aryl methyl sites for hydroxylation is 1. The highest BCUT2D eigenvalue weighted by atomic mass is 16.6. The molecule has 2 N–H and O–H groups in total. The minimum absolute atomic E-state index is 0.165. The van der Waals surface area contributed by atoms with Gasteiger partial charge < -0.3 is 15.0 Å². The maximum absolute atomic E-state index is 12.5. The number of aromatic nitrogens is 2. The van der Waals surface area contributed by atoms with E-state index in [2.05, 4.69) is 34.3 Å². The highest BCUT2D eigenvalue weighted by Gasteiger charge is 2.14. The number of benzene rings is 3. The van der Waals surface area contributed by atoms with Crippen molar-refractivity contribution in [3.8, 4) is 22.5 Å². The number of anilines is 1. The maximum atomic E-state index is 12.5. The van der Waals surface area contributed by atoms with Gasteiger partial charge in [0.05, 0.1) is 17.7 Å². The van der Waals surface area contributed by atoms with Gasteiger partial charge in [-0.15, -0.1) is 0 Å². The summed E-state index contributed by atoms with van der Waals surface area (Å²) in [4.78, 5) is 32.3. The molecule has 0 saturated heterocycles. The molecule has 228 valence electrons. The normalized spacial score (nSPS) is 11.7. The average Bonchev–Trinajstić information content (AvgIpc) is 3.50. The number of hydrogen-bond acceptors (Lipinski definition) is 4. The fraction of sp³-hybridized carbons (Fsp3) is 0.289. The lowest BCUT2D eigenvalue weighted by Gasteiger charge is -2.17. The Labute approximate surface area is 261 Å². The summed E-state index contributed by atoms with van der Waals surface area (Å²) in [5, 5.41) is 2.94. The van der Waals surface area contributed by atoms with Crippen LogP contribution < -0.4 is 5.32 Å². The van der Waals surface area contributed by atoms with Gasteiger partial charge in [-0.1, -0.05) is 93.3 Å². The summed E-state index contributed by atoms with van der Waals surface area (Å²) in [6.07, 6.45) is 15.6. The Morgan fingerprint density at radius 1 is 0.795 bits per heavy atom. The summed E-state index contributed by atoms with van der Waals surface area (Å²) in [5.41, 5.74) is 7.06. The quantitative estimate of drug-likeness (QED) is 0.0925. The van der Waals surface area contributed by atoms with Gasteiger partial charge in [-0.05, 0) is 74.6 Å². The van der Waals surface area contributed by atoms with Gasteiger partial charge in [-0.2, -0.15) is 0 Å². The molecular weight excluding hydrogens is 546 g/mol. The van der Waals surface area contributed by atoms with E-state index in [0.29, 0.717) is 0 Å². The standard InChI is InChI=1S/C38H43N3O3/c1-5-6-7-8-9-10-28-15-23-33(24-16-28)41-34(42)25-17-29-11-19-31(20-12-29)36-37(40-27-39-36)32-21-13-30(14-22-32)18-26-35(43)44-38(2,3)4/h11-27H,5-10H2,1-4H3,(H,39,40)(H,41,42)/b25-17+,26-18+. The van der Waals surface area contributed by atoms with Crippen LogP contribution in [0.1, 0.15) is 76.5 Å². The van der Waals surface area contributed by atoms with Gasteiger partial charge in [0.2, 0.25) is 5.91 Å². The zero-order valence-electron chi connectivity index (χ0n) is 26.2. The molecule has 0 aliphatic heterocycles. The smallest absolute Gasteiger partial charge is 0.331 e. The number of aromatic amines is 1. The molecule has 3 aromatic carbocycles. The van der Waals surface area contributed by atoms with Gasteiger partial charge in [-0.25, -0.2) is 9.78 Å². The first kappa shape index (κ1) is 32.2. The van der Waals surface area contributed by atoms with E-state index in [1.54, 1.807) is 24.6 Å². The van der Waals surface area contributed by atoms with Gasteiger partial charge in [0.1, 0.15) is 5.60 Å². The first-order chi connectivity index (χ1) is 21.2. The zero-order chi connectivity index (χ0) is 31.4. The Balaban J connectivity index is 1.31. The molecule has 1 amide bonds. The zero-order valence-corrected chi connectivity index (χ0v) is 26.2. The number of nitrogens with zero attached hydrogens (tertiary/aromatic N) is 1. The van der Waals surface area contributed by atoms with E-state index in [1.807, 2.05) is 81.4 Å². The number of hydrogen-bond donors (Lipinski definition) is 2. The summed E-state index contributed by atoms with van der Waals surface area (Å²) in [6, 6.07) is 23.9. The molecule has 1 aromatic heterocycles. The number of esters is 1. The van der Waals surface area contributed by atoms with Crippen LogP contribution in [0.25, 0.3) is 34.7 Å². The molecule has 0 unspecified atom stereocenters. The number of ether oxygens (including phenoxy) is 1. The number of carbonyl (C=O) groups excluding carboxylic acids is 2. The van der Waals surface area contributed by atoms with E-state index in [4.69, 9.17) is 4.74 Å². The van der Waals surface area contributed by atoms with Crippen molar-refractivity contribution >= 4 is 29.7 Å². The van der Waals surface area contributed by atoms with Crippen molar-refractivity contribution in [2.24, 2.45) is 0 Å². The fourth-order valence-electron chi connectivity index (χ4n) is 4.79. The molecule has 0 atom stereocenters. The predicted octanol–water partition coefficient (Wildman–Crippen LogP) is 9.26. The van der Waals surface area contributed by atoms with Gasteiger partial charge in [0.25, 0.3) is 0 Å². The molecule has 0 aliphatic carbocycles. The lowest BCUT2D eigenvalue weighted by molar-refractivity contribution is -0.148. The second kappa shape index (κ2) is 15.7. The number of amides is 1. The third kappa shape index (κ3) is 10.2. The van der Waals surface area contributed by atoms with Crippen LogP contribution in [0.15, 0.2) is 91.3 Å². The van der Waals surface area contributed by atoms with Crippen LogP contribution in [0.4, 0.5) is 5.69 Å². The van der Waals surface area contributed by atoms with E-state index in [-0.39, 0.29) is 11.9 Å². The molecule has 6 heteroatoms. The Morgan fingerprint density at radius 3 is 2.05 bits per heavy atom. The Morgan fingerprint density at radius 2 is 1.41 bits per heavy atom. The monoisotopic (exact) mass is 589 g/mol. The third-order valence-corrected chi connectivity index (χ3v) is 7.06. The second-order valence-corrected chi connectivity index (χ2v) is 11.9. The summed E-state index contributed by atoms with van der Waals surface area (Å²) in [5.74, 6) is -0.537. The molecule has 6 nitrogen and oxygen atoms in total. The van der Waals surface area contributed by atoms with Crippen LogP contribution in [-0.4, -0.2) is 27.4 Å². The Bertz CT molecular complexity index is 1560. The second-order valence-electron chi connectivity index (χ2n) is 11.9. The van der Waals surface area contributed by atoms with Crippen LogP contribution in [0.2, 0.25) is 0 Å². The van der Waals surface area contributed by atoms with Crippen LogP contribution in [-0.2, 0) is 20.7 Å². The van der Waals surface area contributed by atoms with Gasteiger partial charge in [0.15, 0.2) is 0 Å². The minimum atomic E-state index is -0.523. The number of carbonyl (C=O) groups is 2. The summed E-state index contributed by atoms with van der Waals surface area (Å²) >= 11 is 0. The van der Waals surface area contributed by atoms with Gasteiger partial charge in [-0.3, -0.25) is 4.79 Å². The lowest BCUT2D eigenvalue weighted by Crippen LogP contribution is -2.22. The molecular formula is C38H43N3O3. The molecule has 0 radical (unpaired) electrons. The summed E-state index contributed by atoms with van der Waals surface area (Å²) in [6.45, 7) is 7.76. The van der Waals surface area contributed by atoms with Crippen molar-refractivity contribution in [1.29, 1.82) is 0 Å². The molecule has 1 heterocycles. The highest BCUT2D eigenvalue weighted by Crippen LogP contribution is 2.29. The lowest BCUT2D eigenvalue weighted by atomic mass is 10.0. The van der Waals surface area contributed by atoms with Crippen LogP contribution in [0, 0.1) is 0 Å². The van der Waals surface area contributed by atoms with E-state index in [0.717, 1.165) is 45.7 Å². The highest BCUT2D eigenvalue weighted by molar-refractivity contribution is 6.02. The molecule has 0 saturated carbocycles. The van der Waals surface area contributed by atoms with Gasteiger partial charge in [0, 0.05) is 29.0 Å². The van der Waals surface area contributed by atoms with Crippen molar-refractivity contribution in [1.82, 2.24) is 9.97 Å². The topological polar surface area (TPSA) is 84.1 Å². The third-order valence-electron chi connectivity index (χ3n) is 7.06. The number of H-pyrrole nitrogens is 1. The van der Waals surface area contributed by atoms with Gasteiger partial charge >= 0.3 is 5.97 Å². The minimum Gasteiger partial charge on any atom is -0.457 e. The molecule has 0 bridgehead atoms. The number of rotatable bonds is 13. The number of nitrogens with one attached hydrogen (secondary N) is 2. The van der Waals surface area contributed by atoms with Crippen molar-refractivity contribution in [3.63, 3.8) is 0 Å². The average molecular weight is 590 g/mol. The Kier molecular flexibility index (Phi) is 11.5. The molecule has 0 aliphatic rings. The summed E-state index contributed by atoms with van der Waals surface area (Å²) < 4.78 is 5.32. The maximum Gasteiger partial charge on any atom is 0.331 e. The first-order valence-corrected chi connectivity index (χ1v) is 15.4. The van der Waals surface area contributed by atoms with Crippen molar-refractivity contribution in [2.45, 2.75) is 71.8 Å². The van der Waals surface area contributed by atoms with E-state index in [1.165, 1.54) is 43.7 Å². The first-order valence-electron chi connectivity index (χ1n) is 15.4. The summed E-state index contributed by atoms with van der Waals surface area (Å²) in [7, 11) is 0. The van der Waals surface area contributed by atoms with E-state index >= 15 is 0 Å². The Hall–Kier alpha value is -4.71. The van der Waals surface area contributed by atoms with E-state index in [9.17, 15) is 9.59 Å². The predicted molar refractivity (Wildman–Crippen MR) is 181 cm³/mol. The van der Waals surface area contributed by atoms with Crippen LogP contribution in [0.5, 0.6) is 0 Å². The van der Waals surface area contributed by atoms with Crippen LogP contribution >= 0.6 is 0 Å². The molecule has 0 spiro atoms. The number of imidazole rings is 1. The molecule has 4 rings (SSSR count). The SMILES string of the molecule is CCCCCCCc1ccc(NC(=O)/C=C/c2ccc(-c3[nH]cnc3-c3ccc(/C=C/C(=O)OC(C)(C)C)cc3)cc2)cc1. The molecule has 4 aromatic rings. The van der Waals surface area contributed by atoms with E-state index < -0.39 is 5.60 Å². The van der Waals surface area contributed by atoms with Crippen molar-refractivity contribution < 1.29 is 14.3 Å². The molecule has 0 fully saturated rings. The molecule has 44 heavy (non-hydrogen) atoms. The van der Waals surface area contributed by atoms with Crippen LogP contribution in [0.3, 0.4) is 0 Å². The largest absolute Gasteiger partial charge is 0.457 e. The van der Waals surface area contributed by atoms with Crippen molar-refractivity contribution in [2.75, 3.05) is 5.32 Å². The number of unbranched alkanes of at least 4 members (excludes halogenated alkanes) is 4. The van der Waals surface area contributed by atoms with Crippen molar-refractivity contribution in [3.05, 3.63) is 108 Å². The fourth-order valence-corrected chi connectivity index (χ4v) is 4.79.